The van der Waals surface area contributed by atoms with E-state index in [0.717, 1.165) is 5.69 Å². The number of hydrogen-bond acceptors (Lipinski definition) is 3. The molecule has 20 heavy (non-hydrogen) atoms. The summed E-state index contributed by atoms with van der Waals surface area (Å²) in [6, 6.07) is 6.95. The summed E-state index contributed by atoms with van der Waals surface area (Å²) < 4.78 is 0. The van der Waals surface area contributed by atoms with Crippen LogP contribution in [0.3, 0.4) is 0 Å². The monoisotopic (exact) mass is 277 g/mol. The van der Waals surface area contributed by atoms with Gasteiger partial charge in [0.25, 0.3) is 0 Å². The van der Waals surface area contributed by atoms with Crippen LogP contribution >= 0.6 is 0 Å². The molecule has 1 aromatic rings. The van der Waals surface area contributed by atoms with Crippen molar-refractivity contribution in [2.75, 3.05) is 17.2 Å². The number of rotatable bonds is 6. The van der Waals surface area contributed by atoms with E-state index in [1.54, 1.807) is 19.1 Å². The van der Waals surface area contributed by atoms with E-state index in [1.807, 2.05) is 12.1 Å². The van der Waals surface area contributed by atoms with Crippen LogP contribution < -0.4 is 16.0 Å². The number of carbonyl (C=O) groups excluding carboxylic acids is 2. The molecule has 1 atom stereocenters. The second kappa shape index (κ2) is 7.53. The van der Waals surface area contributed by atoms with Gasteiger partial charge >= 0.3 is 0 Å². The fourth-order valence-electron chi connectivity index (χ4n) is 1.66. The van der Waals surface area contributed by atoms with Gasteiger partial charge in [0.05, 0.1) is 0 Å². The van der Waals surface area contributed by atoms with Gasteiger partial charge in [-0.3, -0.25) is 9.59 Å². The molecule has 0 spiro atoms. The molecule has 0 fully saturated rings. The molecule has 1 aromatic carbocycles. The Hall–Kier alpha value is -2.04. The van der Waals surface area contributed by atoms with Crippen molar-refractivity contribution >= 4 is 23.2 Å². The predicted molar refractivity (Wildman–Crippen MR) is 81.7 cm³/mol. The van der Waals surface area contributed by atoms with E-state index in [-0.39, 0.29) is 17.9 Å². The van der Waals surface area contributed by atoms with Crippen molar-refractivity contribution in [1.29, 1.82) is 0 Å². The Labute approximate surface area is 120 Å². The van der Waals surface area contributed by atoms with Gasteiger partial charge in [-0.15, -0.1) is 0 Å². The molecule has 0 aliphatic heterocycles. The van der Waals surface area contributed by atoms with Crippen molar-refractivity contribution in [3.05, 3.63) is 24.3 Å². The fraction of sp³-hybridized carbons (Fsp3) is 0.467. The van der Waals surface area contributed by atoms with E-state index >= 15 is 0 Å². The van der Waals surface area contributed by atoms with E-state index in [4.69, 9.17) is 0 Å². The summed E-state index contributed by atoms with van der Waals surface area (Å²) in [6.07, 6.45) is 0. The van der Waals surface area contributed by atoms with Gasteiger partial charge in [-0.2, -0.15) is 0 Å². The largest absolute Gasteiger partial charge is 0.374 e. The van der Waals surface area contributed by atoms with Crippen LogP contribution in [0.15, 0.2) is 24.3 Å². The van der Waals surface area contributed by atoms with E-state index < -0.39 is 0 Å². The molecule has 0 radical (unpaired) electrons. The maximum Gasteiger partial charge on any atom is 0.242 e. The molecular formula is C15H23N3O2. The molecule has 3 N–H and O–H groups in total. The highest BCUT2D eigenvalue weighted by Crippen LogP contribution is 2.15. The molecule has 0 aliphatic carbocycles. The van der Waals surface area contributed by atoms with E-state index in [1.165, 1.54) is 6.92 Å². The van der Waals surface area contributed by atoms with Crippen LogP contribution in [-0.2, 0) is 9.59 Å². The van der Waals surface area contributed by atoms with Gasteiger partial charge in [0, 0.05) is 24.8 Å². The molecule has 110 valence electrons. The summed E-state index contributed by atoms with van der Waals surface area (Å²) in [5, 5.41) is 8.70. The molecule has 0 heterocycles. The Bertz CT molecular complexity index is 472. The number of benzene rings is 1. The summed E-state index contributed by atoms with van der Waals surface area (Å²) in [6.45, 7) is 8.03. The van der Waals surface area contributed by atoms with Crippen LogP contribution in [0.1, 0.15) is 27.7 Å². The first-order valence-electron chi connectivity index (χ1n) is 6.80. The summed E-state index contributed by atoms with van der Waals surface area (Å²) in [7, 11) is 0. The summed E-state index contributed by atoms with van der Waals surface area (Å²) >= 11 is 0. The zero-order chi connectivity index (χ0) is 15.1. The third-order valence-electron chi connectivity index (χ3n) is 2.64. The molecule has 0 saturated carbocycles. The second-order valence-corrected chi connectivity index (χ2v) is 5.27. The number of amides is 2. The van der Waals surface area contributed by atoms with E-state index in [2.05, 4.69) is 29.8 Å². The van der Waals surface area contributed by atoms with Crippen LogP contribution in [0.4, 0.5) is 11.4 Å². The van der Waals surface area contributed by atoms with Crippen molar-refractivity contribution in [2.24, 2.45) is 5.92 Å². The minimum Gasteiger partial charge on any atom is -0.374 e. The SMILES string of the molecule is CC(=O)Nc1cccc(NC(C)C(=O)NCC(C)C)c1. The summed E-state index contributed by atoms with van der Waals surface area (Å²) in [5.74, 6) is 0.266. The van der Waals surface area contributed by atoms with Crippen LogP contribution in [0.25, 0.3) is 0 Å². The molecule has 1 unspecified atom stereocenters. The number of nitrogens with one attached hydrogen (secondary N) is 3. The Morgan fingerprint density at radius 2 is 1.80 bits per heavy atom. The quantitative estimate of drug-likeness (QED) is 0.746. The highest BCUT2D eigenvalue weighted by molar-refractivity contribution is 5.89. The third kappa shape index (κ3) is 5.73. The minimum absolute atomic E-state index is 0.0383. The Morgan fingerprint density at radius 1 is 1.15 bits per heavy atom. The molecule has 5 nitrogen and oxygen atoms in total. The highest BCUT2D eigenvalue weighted by atomic mass is 16.2. The third-order valence-corrected chi connectivity index (χ3v) is 2.64. The standard InChI is InChI=1S/C15H23N3O2/c1-10(2)9-16-15(20)11(3)17-13-6-5-7-14(8-13)18-12(4)19/h5-8,10-11,17H,9H2,1-4H3,(H,16,20)(H,18,19). The molecule has 0 saturated heterocycles. The normalized spacial score (nSPS) is 11.8. The first-order valence-corrected chi connectivity index (χ1v) is 6.80. The molecule has 0 aliphatic rings. The van der Waals surface area contributed by atoms with Gasteiger partial charge in [0.15, 0.2) is 0 Å². The smallest absolute Gasteiger partial charge is 0.242 e. The molecule has 0 bridgehead atoms. The Kier molecular flexibility index (Phi) is 6.03. The lowest BCUT2D eigenvalue weighted by Gasteiger charge is -2.16. The highest BCUT2D eigenvalue weighted by Gasteiger charge is 2.12. The lowest BCUT2D eigenvalue weighted by molar-refractivity contribution is -0.121. The van der Waals surface area contributed by atoms with Gasteiger partial charge in [-0.25, -0.2) is 0 Å². The topological polar surface area (TPSA) is 70.2 Å². The summed E-state index contributed by atoms with van der Waals surface area (Å²) in [4.78, 5) is 22.9. The molecular weight excluding hydrogens is 254 g/mol. The van der Waals surface area contributed by atoms with Gasteiger partial charge in [0.1, 0.15) is 6.04 Å². The predicted octanol–water partition coefficient (Wildman–Crippen LogP) is 2.22. The first-order chi connectivity index (χ1) is 9.38. The van der Waals surface area contributed by atoms with Crippen molar-refractivity contribution in [1.82, 2.24) is 5.32 Å². The van der Waals surface area contributed by atoms with Gasteiger partial charge in [-0.05, 0) is 31.0 Å². The van der Waals surface area contributed by atoms with Crippen LogP contribution in [0.2, 0.25) is 0 Å². The van der Waals surface area contributed by atoms with Crippen molar-refractivity contribution < 1.29 is 9.59 Å². The average Bonchev–Trinajstić information content (AvgIpc) is 2.35. The molecule has 5 heteroatoms. The zero-order valence-electron chi connectivity index (χ0n) is 12.5. The number of hydrogen-bond donors (Lipinski definition) is 3. The van der Waals surface area contributed by atoms with Gasteiger partial charge in [0.2, 0.25) is 11.8 Å². The van der Waals surface area contributed by atoms with Crippen molar-refractivity contribution in [3.8, 4) is 0 Å². The van der Waals surface area contributed by atoms with Crippen LogP contribution in [0.5, 0.6) is 0 Å². The maximum atomic E-state index is 11.9. The minimum atomic E-state index is -0.332. The van der Waals surface area contributed by atoms with Crippen molar-refractivity contribution in [3.63, 3.8) is 0 Å². The zero-order valence-corrected chi connectivity index (χ0v) is 12.5. The lowest BCUT2D eigenvalue weighted by Crippen LogP contribution is -2.39. The maximum absolute atomic E-state index is 11.9. The van der Waals surface area contributed by atoms with Gasteiger partial charge in [-0.1, -0.05) is 19.9 Å². The summed E-state index contributed by atoms with van der Waals surface area (Å²) in [5.41, 5.74) is 1.50. The van der Waals surface area contributed by atoms with Crippen LogP contribution in [0, 0.1) is 5.92 Å². The number of anilines is 2. The first kappa shape index (κ1) is 16.0. The molecule has 0 aromatic heterocycles. The Morgan fingerprint density at radius 3 is 2.40 bits per heavy atom. The molecule has 1 rings (SSSR count). The molecule has 2 amide bonds. The van der Waals surface area contributed by atoms with Crippen molar-refractivity contribution in [2.45, 2.75) is 33.7 Å². The number of carbonyl (C=O) groups is 2. The van der Waals surface area contributed by atoms with Gasteiger partial charge < -0.3 is 16.0 Å². The van der Waals surface area contributed by atoms with E-state index in [9.17, 15) is 9.59 Å². The average molecular weight is 277 g/mol. The second-order valence-electron chi connectivity index (χ2n) is 5.27. The Balaban J connectivity index is 2.58. The van der Waals surface area contributed by atoms with E-state index in [0.29, 0.717) is 18.2 Å². The van der Waals surface area contributed by atoms with Crippen LogP contribution in [-0.4, -0.2) is 24.4 Å². The fourth-order valence-corrected chi connectivity index (χ4v) is 1.66. The lowest BCUT2D eigenvalue weighted by atomic mass is 10.2.